The van der Waals surface area contributed by atoms with Gasteiger partial charge in [-0.3, -0.25) is 9.58 Å². The summed E-state index contributed by atoms with van der Waals surface area (Å²) >= 11 is 6.03. The van der Waals surface area contributed by atoms with Gasteiger partial charge in [-0.15, -0.1) is 0 Å². The zero-order valence-electron chi connectivity index (χ0n) is 19.7. The molecule has 1 aliphatic rings. The molecule has 7 nitrogen and oxygen atoms in total. The molecule has 0 radical (unpaired) electrons. The Morgan fingerprint density at radius 1 is 1.09 bits per heavy atom. The molecule has 3 aromatic rings. The molecule has 0 spiro atoms. The number of ether oxygens (including phenoxy) is 3. The minimum absolute atomic E-state index is 0.124. The second-order valence-corrected chi connectivity index (χ2v) is 9.32. The molecule has 0 saturated carbocycles. The van der Waals surface area contributed by atoms with Crippen molar-refractivity contribution in [3.63, 3.8) is 0 Å². The van der Waals surface area contributed by atoms with Crippen LogP contribution in [0.15, 0.2) is 54.6 Å². The summed E-state index contributed by atoms with van der Waals surface area (Å²) in [6.07, 6.45) is 0. The maximum Gasteiger partial charge on any atom is 0.134 e. The molecule has 0 aliphatic carbocycles. The molecule has 4 rings (SSSR count). The topological polar surface area (TPSA) is 69.0 Å². The second-order valence-electron chi connectivity index (χ2n) is 8.88. The van der Waals surface area contributed by atoms with Crippen LogP contribution in [0.1, 0.15) is 17.0 Å². The summed E-state index contributed by atoms with van der Waals surface area (Å²) in [4.78, 5) is 2.18. The Morgan fingerprint density at radius 2 is 1.88 bits per heavy atom. The van der Waals surface area contributed by atoms with Gasteiger partial charge in [-0.25, -0.2) is 0 Å². The van der Waals surface area contributed by atoms with Gasteiger partial charge in [0.15, 0.2) is 0 Å². The molecule has 34 heavy (non-hydrogen) atoms. The number of halogens is 1. The van der Waals surface area contributed by atoms with E-state index < -0.39 is 5.60 Å². The first-order valence-corrected chi connectivity index (χ1v) is 11.9. The highest BCUT2D eigenvalue weighted by atomic mass is 35.5. The van der Waals surface area contributed by atoms with E-state index >= 15 is 0 Å². The van der Waals surface area contributed by atoms with Gasteiger partial charge < -0.3 is 19.3 Å². The standard InChI is InChI=1S/C26H32ClN3O4/c1-20-13-21(2)30(28-20)10-12-33-24-7-3-5-22(14-24)16-29-9-11-32-18-26(31,17-29)19-34-25-8-4-6-23(27)15-25/h3-8,13-15,31H,9-12,16-19H2,1-2H3/t26-/m1/s1. The van der Waals surface area contributed by atoms with Gasteiger partial charge >= 0.3 is 0 Å². The molecule has 8 heteroatoms. The van der Waals surface area contributed by atoms with E-state index in [0.717, 1.165) is 29.2 Å². The Hall–Kier alpha value is -2.58. The molecule has 0 unspecified atom stereocenters. The summed E-state index contributed by atoms with van der Waals surface area (Å²) in [7, 11) is 0. The summed E-state index contributed by atoms with van der Waals surface area (Å²) in [5, 5.41) is 16.2. The number of aryl methyl sites for hydroxylation is 2. The Bertz CT molecular complexity index is 1090. The smallest absolute Gasteiger partial charge is 0.134 e. The number of aliphatic hydroxyl groups is 1. The lowest BCUT2D eigenvalue weighted by Crippen LogP contribution is -2.48. The van der Waals surface area contributed by atoms with Crippen LogP contribution >= 0.6 is 11.6 Å². The molecule has 1 fully saturated rings. The maximum absolute atomic E-state index is 11.2. The Balaban J connectivity index is 1.32. The molecule has 1 aromatic heterocycles. The van der Waals surface area contributed by atoms with Gasteiger partial charge in [0.1, 0.15) is 30.3 Å². The average Bonchev–Trinajstić information content (AvgIpc) is 3.00. The molecule has 1 saturated heterocycles. The number of aromatic nitrogens is 2. The average molecular weight is 486 g/mol. The van der Waals surface area contributed by atoms with Gasteiger partial charge in [0.05, 0.1) is 25.5 Å². The predicted octanol–water partition coefficient (Wildman–Crippen LogP) is 3.87. The minimum atomic E-state index is -1.12. The zero-order chi connectivity index (χ0) is 24.0. The fourth-order valence-corrected chi connectivity index (χ4v) is 4.32. The first-order valence-electron chi connectivity index (χ1n) is 11.5. The summed E-state index contributed by atoms with van der Waals surface area (Å²) < 4.78 is 19.5. The number of hydrogen-bond donors (Lipinski definition) is 1. The summed E-state index contributed by atoms with van der Waals surface area (Å²) in [5.41, 5.74) is 2.14. The molecular weight excluding hydrogens is 454 g/mol. The monoisotopic (exact) mass is 485 g/mol. The Labute approximate surface area is 205 Å². The van der Waals surface area contributed by atoms with Crippen molar-refractivity contribution >= 4 is 11.6 Å². The van der Waals surface area contributed by atoms with Crippen molar-refractivity contribution in [2.45, 2.75) is 32.5 Å². The first-order chi connectivity index (χ1) is 16.4. The number of rotatable bonds is 9. The van der Waals surface area contributed by atoms with E-state index in [1.807, 2.05) is 42.8 Å². The van der Waals surface area contributed by atoms with Crippen molar-refractivity contribution in [1.82, 2.24) is 14.7 Å². The van der Waals surface area contributed by atoms with Crippen molar-refractivity contribution < 1.29 is 19.3 Å². The van der Waals surface area contributed by atoms with Crippen molar-refractivity contribution in [3.8, 4) is 11.5 Å². The number of β-amino-alcohol motifs (C(OH)–C–C–N with tert-alkyl or cyclic N) is 1. The molecule has 1 N–H and O–H groups in total. The van der Waals surface area contributed by atoms with Crippen LogP contribution in [-0.2, 0) is 17.8 Å². The lowest BCUT2D eigenvalue weighted by molar-refractivity contribution is -0.0646. The van der Waals surface area contributed by atoms with Crippen LogP contribution < -0.4 is 9.47 Å². The van der Waals surface area contributed by atoms with Crippen LogP contribution in [0, 0.1) is 13.8 Å². The van der Waals surface area contributed by atoms with Gasteiger partial charge in [0.25, 0.3) is 0 Å². The normalized spacial score (nSPS) is 19.1. The largest absolute Gasteiger partial charge is 0.492 e. The Kier molecular flexibility index (Phi) is 8.11. The third-order valence-electron chi connectivity index (χ3n) is 5.72. The van der Waals surface area contributed by atoms with Crippen molar-refractivity contribution in [2.24, 2.45) is 0 Å². The quantitative estimate of drug-likeness (QED) is 0.496. The number of benzene rings is 2. The third kappa shape index (κ3) is 6.96. The lowest BCUT2D eigenvalue weighted by Gasteiger charge is -2.30. The van der Waals surface area contributed by atoms with Gasteiger partial charge in [-0.1, -0.05) is 29.8 Å². The van der Waals surface area contributed by atoms with Gasteiger partial charge in [-0.05, 0) is 55.8 Å². The predicted molar refractivity (Wildman–Crippen MR) is 132 cm³/mol. The van der Waals surface area contributed by atoms with E-state index in [2.05, 4.69) is 28.2 Å². The number of hydrogen-bond acceptors (Lipinski definition) is 6. The summed E-state index contributed by atoms with van der Waals surface area (Å²) in [6.45, 7) is 8.03. The molecule has 0 bridgehead atoms. The molecule has 1 aliphatic heterocycles. The van der Waals surface area contributed by atoms with Gasteiger partial charge in [-0.2, -0.15) is 5.10 Å². The SMILES string of the molecule is Cc1cc(C)n(CCOc2cccc(CN3CCOC[C@@](O)(COc4cccc(Cl)c4)C3)c2)n1. The highest BCUT2D eigenvalue weighted by Crippen LogP contribution is 2.22. The van der Waals surface area contributed by atoms with E-state index in [9.17, 15) is 5.11 Å². The molecule has 2 heterocycles. The molecule has 1 atom stereocenters. The summed E-state index contributed by atoms with van der Waals surface area (Å²) in [5.74, 6) is 1.45. The molecular formula is C26H32ClN3O4. The number of nitrogens with zero attached hydrogens (tertiary/aromatic N) is 3. The second kappa shape index (κ2) is 11.2. The van der Waals surface area contributed by atoms with Crippen LogP contribution in [0.5, 0.6) is 11.5 Å². The fraction of sp³-hybridized carbons (Fsp3) is 0.423. The highest BCUT2D eigenvalue weighted by Gasteiger charge is 2.33. The van der Waals surface area contributed by atoms with E-state index in [-0.39, 0.29) is 13.2 Å². The first kappa shape index (κ1) is 24.5. The van der Waals surface area contributed by atoms with Crippen LogP contribution in [0.25, 0.3) is 0 Å². The van der Waals surface area contributed by atoms with E-state index in [4.69, 9.17) is 25.8 Å². The molecule has 0 amide bonds. The lowest BCUT2D eigenvalue weighted by atomic mass is 10.1. The van der Waals surface area contributed by atoms with Crippen LogP contribution in [0.3, 0.4) is 0 Å². The van der Waals surface area contributed by atoms with Crippen molar-refractivity contribution in [3.05, 3.63) is 76.6 Å². The molecule has 182 valence electrons. The molecule has 2 aromatic carbocycles. The van der Waals surface area contributed by atoms with Crippen LogP contribution in [0.4, 0.5) is 0 Å². The highest BCUT2D eigenvalue weighted by molar-refractivity contribution is 6.30. The zero-order valence-corrected chi connectivity index (χ0v) is 20.5. The third-order valence-corrected chi connectivity index (χ3v) is 5.96. The van der Waals surface area contributed by atoms with E-state index in [1.54, 1.807) is 12.1 Å². The van der Waals surface area contributed by atoms with Crippen molar-refractivity contribution in [2.75, 3.05) is 39.5 Å². The van der Waals surface area contributed by atoms with Crippen LogP contribution in [0.2, 0.25) is 5.02 Å². The summed E-state index contributed by atoms with van der Waals surface area (Å²) in [6, 6.07) is 17.3. The minimum Gasteiger partial charge on any atom is -0.492 e. The Morgan fingerprint density at radius 3 is 2.65 bits per heavy atom. The fourth-order valence-electron chi connectivity index (χ4n) is 4.14. The van der Waals surface area contributed by atoms with Crippen molar-refractivity contribution in [1.29, 1.82) is 0 Å². The van der Waals surface area contributed by atoms with E-state index in [0.29, 0.717) is 43.6 Å². The van der Waals surface area contributed by atoms with E-state index in [1.165, 1.54) is 0 Å². The van der Waals surface area contributed by atoms with Gasteiger partial charge in [0, 0.05) is 30.4 Å². The van der Waals surface area contributed by atoms with Gasteiger partial charge in [0.2, 0.25) is 0 Å². The maximum atomic E-state index is 11.2. The van der Waals surface area contributed by atoms with Crippen LogP contribution in [-0.4, -0.2) is 64.9 Å².